The Bertz CT molecular complexity index is 592. The number of nitriles is 1. The smallest absolute Gasteiger partial charge is 0.387 e. The molecule has 0 fully saturated rings. The molecule has 0 aromatic heterocycles. The van der Waals surface area contributed by atoms with Gasteiger partial charge in [-0.3, -0.25) is 4.79 Å². The van der Waals surface area contributed by atoms with Gasteiger partial charge in [0.1, 0.15) is 17.4 Å². The Balaban J connectivity index is 2.47. The van der Waals surface area contributed by atoms with Crippen LogP contribution in [-0.2, 0) is 4.79 Å². The molecule has 1 aromatic carbocycles. The fraction of sp³-hybridized carbons (Fsp3) is 0.474. The molecule has 0 unspecified atom stereocenters. The molecule has 0 heterocycles. The summed E-state index contributed by atoms with van der Waals surface area (Å²) in [5, 5.41) is 11.9. The van der Waals surface area contributed by atoms with Crippen LogP contribution in [0.5, 0.6) is 5.75 Å². The van der Waals surface area contributed by atoms with E-state index in [1.54, 1.807) is 0 Å². The number of carbonyl (C=O) groups excluding carboxylic acids is 1. The molecule has 0 spiro atoms. The Morgan fingerprint density at radius 3 is 2.44 bits per heavy atom. The molecule has 0 saturated carbocycles. The molecule has 1 aromatic rings. The van der Waals surface area contributed by atoms with Crippen molar-refractivity contribution in [2.45, 2.75) is 52.1 Å². The fourth-order valence-corrected chi connectivity index (χ4v) is 2.26. The summed E-state index contributed by atoms with van der Waals surface area (Å²) in [7, 11) is 0. The van der Waals surface area contributed by atoms with E-state index in [-0.39, 0.29) is 11.3 Å². The van der Waals surface area contributed by atoms with Crippen molar-refractivity contribution in [2.75, 3.05) is 6.54 Å². The summed E-state index contributed by atoms with van der Waals surface area (Å²) in [6, 6.07) is 7.61. The molecule has 0 aliphatic rings. The molecule has 6 heteroatoms. The van der Waals surface area contributed by atoms with Gasteiger partial charge in [-0.05, 0) is 30.2 Å². The summed E-state index contributed by atoms with van der Waals surface area (Å²) < 4.78 is 28.4. The Labute approximate surface area is 147 Å². The molecule has 25 heavy (non-hydrogen) atoms. The van der Waals surface area contributed by atoms with Crippen LogP contribution in [0.4, 0.5) is 8.78 Å². The molecule has 0 saturated heterocycles. The van der Waals surface area contributed by atoms with Gasteiger partial charge in [-0.1, -0.05) is 51.2 Å². The molecule has 1 amide bonds. The van der Waals surface area contributed by atoms with Gasteiger partial charge in [0.2, 0.25) is 0 Å². The van der Waals surface area contributed by atoms with E-state index in [4.69, 9.17) is 5.26 Å². The monoisotopic (exact) mass is 350 g/mol. The van der Waals surface area contributed by atoms with Gasteiger partial charge in [-0.15, -0.1) is 0 Å². The van der Waals surface area contributed by atoms with Gasteiger partial charge >= 0.3 is 6.61 Å². The third kappa shape index (κ3) is 8.85. The zero-order valence-electron chi connectivity index (χ0n) is 14.4. The SMILES string of the molecule is CCCCCCCCNC(=O)/C(C#N)=C\c1ccc(OC(F)F)cc1. The van der Waals surface area contributed by atoms with Crippen molar-refractivity contribution in [3.63, 3.8) is 0 Å². The number of nitrogens with one attached hydrogen (secondary N) is 1. The number of rotatable bonds is 11. The zero-order chi connectivity index (χ0) is 18.5. The Morgan fingerprint density at radius 2 is 1.84 bits per heavy atom. The van der Waals surface area contributed by atoms with Gasteiger partial charge in [-0.25, -0.2) is 0 Å². The van der Waals surface area contributed by atoms with E-state index in [9.17, 15) is 13.6 Å². The predicted molar refractivity (Wildman–Crippen MR) is 93.0 cm³/mol. The second kappa shape index (κ2) is 12.0. The second-order valence-electron chi connectivity index (χ2n) is 5.64. The van der Waals surface area contributed by atoms with E-state index in [2.05, 4.69) is 17.0 Å². The molecular weight excluding hydrogens is 326 g/mol. The van der Waals surface area contributed by atoms with Crippen molar-refractivity contribution in [3.05, 3.63) is 35.4 Å². The van der Waals surface area contributed by atoms with Crippen molar-refractivity contribution in [3.8, 4) is 11.8 Å². The highest BCUT2D eigenvalue weighted by molar-refractivity contribution is 6.01. The molecule has 0 atom stereocenters. The standard InChI is InChI=1S/C19H24F2N2O2/c1-2-3-4-5-6-7-12-23-18(24)16(14-22)13-15-8-10-17(11-9-15)25-19(20)21/h8-11,13,19H,2-7,12H2,1H3,(H,23,24)/b16-13-. The first-order chi connectivity index (χ1) is 12.1. The van der Waals surface area contributed by atoms with Gasteiger partial charge in [0.25, 0.3) is 5.91 Å². The summed E-state index contributed by atoms with van der Waals surface area (Å²) in [6.45, 7) is -0.190. The van der Waals surface area contributed by atoms with Crippen LogP contribution in [0.3, 0.4) is 0 Å². The molecule has 4 nitrogen and oxygen atoms in total. The summed E-state index contributed by atoms with van der Waals surface area (Å²) in [5.74, 6) is -0.401. The maximum Gasteiger partial charge on any atom is 0.387 e. The first kappa shape index (κ1) is 20.6. The number of hydrogen-bond donors (Lipinski definition) is 1. The Kier molecular flexibility index (Phi) is 9.91. The number of nitrogens with zero attached hydrogens (tertiary/aromatic N) is 1. The number of hydrogen-bond acceptors (Lipinski definition) is 3. The van der Waals surface area contributed by atoms with Crippen LogP contribution in [0, 0.1) is 11.3 Å². The van der Waals surface area contributed by atoms with E-state index in [0.717, 1.165) is 19.3 Å². The number of benzene rings is 1. The first-order valence-electron chi connectivity index (χ1n) is 8.51. The van der Waals surface area contributed by atoms with Crippen LogP contribution in [0.1, 0.15) is 51.0 Å². The third-order valence-electron chi connectivity index (χ3n) is 3.60. The maximum absolute atomic E-state index is 12.1. The van der Waals surface area contributed by atoms with Gasteiger partial charge < -0.3 is 10.1 Å². The summed E-state index contributed by atoms with van der Waals surface area (Å²) >= 11 is 0. The molecule has 0 bridgehead atoms. The van der Waals surface area contributed by atoms with Crippen LogP contribution in [0.15, 0.2) is 29.8 Å². The number of unbranched alkanes of at least 4 members (excludes halogenated alkanes) is 5. The summed E-state index contributed by atoms with van der Waals surface area (Å²) in [6.07, 6.45) is 8.14. The highest BCUT2D eigenvalue weighted by Crippen LogP contribution is 2.16. The van der Waals surface area contributed by atoms with Crippen LogP contribution >= 0.6 is 0 Å². The Hall–Kier alpha value is -2.42. The lowest BCUT2D eigenvalue weighted by Gasteiger charge is -2.05. The molecule has 136 valence electrons. The van der Waals surface area contributed by atoms with Gasteiger partial charge in [0.05, 0.1) is 0 Å². The van der Waals surface area contributed by atoms with Gasteiger partial charge in [0, 0.05) is 6.54 Å². The van der Waals surface area contributed by atoms with E-state index in [1.165, 1.54) is 49.6 Å². The molecule has 0 aliphatic heterocycles. The minimum Gasteiger partial charge on any atom is -0.435 e. The zero-order valence-corrected chi connectivity index (χ0v) is 14.4. The number of ether oxygens (including phenoxy) is 1. The quantitative estimate of drug-likeness (QED) is 0.358. The molecule has 0 aliphatic carbocycles. The lowest BCUT2D eigenvalue weighted by molar-refractivity contribution is -0.117. The number of halogens is 2. The van der Waals surface area contributed by atoms with E-state index in [1.807, 2.05) is 6.07 Å². The van der Waals surface area contributed by atoms with Crippen LogP contribution in [0.25, 0.3) is 6.08 Å². The summed E-state index contributed by atoms with van der Waals surface area (Å²) in [5.41, 5.74) is 0.543. The maximum atomic E-state index is 12.1. The van der Waals surface area contributed by atoms with E-state index in [0.29, 0.717) is 12.1 Å². The minimum absolute atomic E-state index is 0.0199. The third-order valence-corrected chi connectivity index (χ3v) is 3.60. The average Bonchev–Trinajstić information content (AvgIpc) is 2.59. The fourth-order valence-electron chi connectivity index (χ4n) is 2.26. The topological polar surface area (TPSA) is 62.1 Å². The van der Waals surface area contributed by atoms with Crippen molar-refractivity contribution in [2.24, 2.45) is 0 Å². The normalized spacial score (nSPS) is 11.2. The van der Waals surface area contributed by atoms with Gasteiger partial charge in [0.15, 0.2) is 0 Å². The first-order valence-corrected chi connectivity index (χ1v) is 8.51. The molecule has 1 N–H and O–H groups in total. The van der Waals surface area contributed by atoms with E-state index >= 15 is 0 Å². The Morgan fingerprint density at radius 1 is 1.20 bits per heavy atom. The van der Waals surface area contributed by atoms with Crippen LogP contribution in [0.2, 0.25) is 0 Å². The largest absolute Gasteiger partial charge is 0.435 e. The second-order valence-corrected chi connectivity index (χ2v) is 5.64. The predicted octanol–water partition coefficient (Wildman–Crippen LogP) is 4.67. The summed E-state index contributed by atoms with van der Waals surface area (Å²) in [4.78, 5) is 12.0. The number of amides is 1. The lowest BCUT2D eigenvalue weighted by Crippen LogP contribution is -2.25. The van der Waals surface area contributed by atoms with Crippen LogP contribution < -0.4 is 10.1 Å². The minimum atomic E-state index is -2.89. The van der Waals surface area contributed by atoms with Gasteiger partial charge in [-0.2, -0.15) is 14.0 Å². The highest BCUT2D eigenvalue weighted by atomic mass is 19.3. The van der Waals surface area contributed by atoms with Crippen molar-refractivity contribution in [1.29, 1.82) is 5.26 Å². The number of alkyl halides is 2. The molecular formula is C19H24F2N2O2. The highest BCUT2D eigenvalue weighted by Gasteiger charge is 2.09. The number of carbonyl (C=O) groups is 1. The molecule has 1 rings (SSSR count). The van der Waals surface area contributed by atoms with E-state index < -0.39 is 12.5 Å². The van der Waals surface area contributed by atoms with Crippen molar-refractivity contribution < 1.29 is 18.3 Å². The average molecular weight is 350 g/mol. The molecule has 0 radical (unpaired) electrons. The lowest BCUT2D eigenvalue weighted by atomic mass is 10.1. The van der Waals surface area contributed by atoms with Crippen molar-refractivity contribution >= 4 is 12.0 Å². The van der Waals surface area contributed by atoms with Crippen LogP contribution in [-0.4, -0.2) is 19.1 Å². The van der Waals surface area contributed by atoms with Crippen molar-refractivity contribution in [1.82, 2.24) is 5.32 Å².